The SMILES string of the molecule is CC(F)NC(O)C1CCNC1. The summed E-state index contributed by atoms with van der Waals surface area (Å²) >= 11 is 0. The Morgan fingerprint density at radius 3 is 2.91 bits per heavy atom. The fourth-order valence-electron chi connectivity index (χ4n) is 1.32. The van der Waals surface area contributed by atoms with E-state index in [-0.39, 0.29) is 5.92 Å². The zero-order valence-corrected chi connectivity index (χ0v) is 6.68. The van der Waals surface area contributed by atoms with Crippen molar-refractivity contribution in [3.8, 4) is 0 Å². The molecular formula is C7H15FN2O. The molecule has 0 spiro atoms. The molecule has 0 bridgehead atoms. The summed E-state index contributed by atoms with van der Waals surface area (Å²) in [5.74, 6) is 0.160. The fraction of sp³-hybridized carbons (Fsp3) is 1.00. The lowest BCUT2D eigenvalue weighted by Crippen LogP contribution is -2.40. The zero-order chi connectivity index (χ0) is 8.27. The zero-order valence-electron chi connectivity index (χ0n) is 6.68. The first-order valence-electron chi connectivity index (χ1n) is 3.99. The maximum Gasteiger partial charge on any atom is 0.150 e. The summed E-state index contributed by atoms with van der Waals surface area (Å²) in [4.78, 5) is 0. The van der Waals surface area contributed by atoms with Gasteiger partial charge in [-0.3, -0.25) is 5.32 Å². The highest BCUT2D eigenvalue weighted by Gasteiger charge is 2.23. The normalized spacial score (nSPS) is 30.3. The molecule has 3 atom stereocenters. The Morgan fingerprint density at radius 2 is 2.45 bits per heavy atom. The molecular weight excluding hydrogens is 147 g/mol. The van der Waals surface area contributed by atoms with Crippen LogP contribution in [0.3, 0.4) is 0 Å². The molecule has 1 saturated heterocycles. The minimum atomic E-state index is -1.13. The Morgan fingerprint density at radius 1 is 1.73 bits per heavy atom. The summed E-state index contributed by atoms with van der Waals surface area (Å²) < 4.78 is 12.3. The van der Waals surface area contributed by atoms with E-state index < -0.39 is 12.5 Å². The predicted octanol–water partition coefficient (Wildman–Crippen LogP) is -0.181. The molecule has 1 heterocycles. The number of alkyl halides is 1. The maximum absolute atomic E-state index is 12.3. The summed E-state index contributed by atoms with van der Waals surface area (Å²) in [7, 11) is 0. The van der Waals surface area contributed by atoms with Gasteiger partial charge in [-0.25, -0.2) is 4.39 Å². The molecule has 66 valence electrons. The number of hydrogen-bond donors (Lipinski definition) is 3. The van der Waals surface area contributed by atoms with Crippen molar-refractivity contribution in [2.45, 2.75) is 25.9 Å². The summed E-state index contributed by atoms with van der Waals surface area (Å²) in [6, 6.07) is 0. The van der Waals surface area contributed by atoms with E-state index in [1.165, 1.54) is 6.92 Å². The van der Waals surface area contributed by atoms with Crippen LogP contribution in [0.1, 0.15) is 13.3 Å². The van der Waals surface area contributed by atoms with Crippen molar-refractivity contribution in [1.29, 1.82) is 0 Å². The van der Waals surface area contributed by atoms with E-state index in [1.807, 2.05) is 0 Å². The minimum Gasteiger partial charge on any atom is -0.378 e. The molecule has 1 rings (SSSR count). The Balaban J connectivity index is 2.22. The maximum atomic E-state index is 12.3. The molecule has 0 amide bonds. The fourth-order valence-corrected chi connectivity index (χ4v) is 1.32. The Hall–Kier alpha value is -0.190. The van der Waals surface area contributed by atoms with Crippen molar-refractivity contribution in [3.05, 3.63) is 0 Å². The van der Waals surface area contributed by atoms with Crippen molar-refractivity contribution >= 4 is 0 Å². The topological polar surface area (TPSA) is 44.3 Å². The van der Waals surface area contributed by atoms with Crippen LogP contribution in [0.25, 0.3) is 0 Å². The van der Waals surface area contributed by atoms with Crippen LogP contribution < -0.4 is 10.6 Å². The molecule has 0 radical (unpaired) electrons. The molecule has 1 aliphatic heterocycles. The molecule has 1 fully saturated rings. The Kier molecular flexibility index (Phi) is 3.23. The first-order valence-corrected chi connectivity index (χ1v) is 3.99. The van der Waals surface area contributed by atoms with Gasteiger partial charge in [0.2, 0.25) is 0 Å². The van der Waals surface area contributed by atoms with Crippen LogP contribution in [0, 0.1) is 5.92 Å². The van der Waals surface area contributed by atoms with Gasteiger partial charge in [-0.15, -0.1) is 0 Å². The van der Waals surface area contributed by atoms with E-state index in [0.29, 0.717) is 0 Å². The second-order valence-corrected chi connectivity index (χ2v) is 2.98. The van der Waals surface area contributed by atoms with Crippen LogP contribution in [-0.2, 0) is 0 Å². The van der Waals surface area contributed by atoms with Gasteiger partial charge >= 0.3 is 0 Å². The Labute approximate surface area is 66.0 Å². The molecule has 4 heteroatoms. The largest absolute Gasteiger partial charge is 0.378 e. The number of aliphatic hydroxyl groups excluding tert-OH is 1. The summed E-state index contributed by atoms with van der Waals surface area (Å²) in [5, 5.41) is 14.9. The molecule has 1 aliphatic rings. The molecule has 11 heavy (non-hydrogen) atoms. The lowest BCUT2D eigenvalue weighted by molar-refractivity contribution is 0.0500. The molecule has 3 N–H and O–H groups in total. The van der Waals surface area contributed by atoms with Crippen LogP contribution in [0.5, 0.6) is 0 Å². The van der Waals surface area contributed by atoms with Gasteiger partial charge in [0.1, 0.15) is 12.5 Å². The third-order valence-electron chi connectivity index (χ3n) is 1.95. The molecule has 3 nitrogen and oxygen atoms in total. The van der Waals surface area contributed by atoms with Crippen molar-refractivity contribution < 1.29 is 9.50 Å². The second kappa shape index (κ2) is 3.99. The van der Waals surface area contributed by atoms with Crippen LogP contribution in [-0.4, -0.2) is 30.7 Å². The molecule has 0 saturated carbocycles. The number of rotatable bonds is 3. The molecule has 0 aromatic heterocycles. The van der Waals surface area contributed by atoms with Crippen molar-refractivity contribution in [1.82, 2.24) is 10.6 Å². The molecule has 0 aromatic rings. The second-order valence-electron chi connectivity index (χ2n) is 2.98. The smallest absolute Gasteiger partial charge is 0.150 e. The van der Waals surface area contributed by atoms with Gasteiger partial charge in [0, 0.05) is 12.5 Å². The lowest BCUT2D eigenvalue weighted by Gasteiger charge is -2.18. The van der Waals surface area contributed by atoms with Gasteiger partial charge in [0.15, 0.2) is 0 Å². The Bertz CT molecular complexity index is 115. The van der Waals surface area contributed by atoms with E-state index in [1.54, 1.807) is 0 Å². The number of nitrogens with one attached hydrogen (secondary N) is 2. The van der Waals surface area contributed by atoms with Crippen LogP contribution in [0.2, 0.25) is 0 Å². The van der Waals surface area contributed by atoms with E-state index in [4.69, 9.17) is 0 Å². The van der Waals surface area contributed by atoms with Gasteiger partial charge in [-0.1, -0.05) is 0 Å². The summed E-state index contributed by atoms with van der Waals surface area (Å²) in [6.45, 7) is 3.08. The number of hydrogen-bond acceptors (Lipinski definition) is 3. The minimum absolute atomic E-state index is 0.160. The van der Waals surface area contributed by atoms with Crippen LogP contribution in [0.4, 0.5) is 4.39 Å². The van der Waals surface area contributed by atoms with E-state index >= 15 is 0 Å². The van der Waals surface area contributed by atoms with Gasteiger partial charge in [-0.05, 0) is 19.9 Å². The summed E-state index contributed by atoms with van der Waals surface area (Å²) in [5.41, 5.74) is 0. The first kappa shape index (κ1) is 8.90. The van der Waals surface area contributed by atoms with E-state index in [9.17, 15) is 9.50 Å². The van der Waals surface area contributed by atoms with E-state index in [2.05, 4.69) is 10.6 Å². The number of aliphatic hydroxyl groups is 1. The van der Waals surface area contributed by atoms with Crippen molar-refractivity contribution in [2.24, 2.45) is 5.92 Å². The third-order valence-corrected chi connectivity index (χ3v) is 1.95. The monoisotopic (exact) mass is 162 g/mol. The highest BCUT2D eigenvalue weighted by Crippen LogP contribution is 2.11. The van der Waals surface area contributed by atoms with Gasteiger partial charge in [0.25, 0.3) is 0 Å². The quantitative estimate of drug-likeness (QED) is 0.398. The first-order chi connectivity index (χ1) is 5.20. The standard InChI is InChI=1S/C7H15FN2O/c1-5(8)10-7(11)6-2-3-9-4-6/h5-7,9-11H,2-4H2,1H3. The van der Waals surface area contributed by atoms with Crippen LogP contribution in [0.15, 0.2) is 0 Å². The average Bonchev–Trinajstić information content (AvgIpc) is 2.35. The highest BCUT2D eigenvalue weighted by molar-refractivity contribution is 4.76. The van der Waals surface area contributed by atoms with Crippen molar-refractivity contribution in [2.75, 3.05) is 13.1 Å². The van der Waals surface area contributed by atoms with Crippen molar-refractivity contribution in [3.63, 3.8) is 0 Å². The van der Waals surface area contributed by atoms with E-state index in [0.717, 1.165) is 19.5 Å². The van der Waals surface area contributed by atoms with Gasteiger partial charge in [0.05, 0.1) is 0 Å². The number of halogens is 1. The average molecular weight is 162 g/mol. The molecule has 3 unspecified atom stereocenters. The molecule has 0 aromatic carbocycles. The van der Waals surface area contributed by atoms with Gasteiger partial charge in [-0.2, -0.15) is 0 Å². The third kappa shape index (κ3) is 2.73. The van der Waals surface area contributed by atoms with Gasteiger partial charge < -0.3 is 10.4 Å². The van der Waals surface area contributed by atoms with Crippen LogP contribution >= 0.6 is 0 Å². The predicted molar refractivity (Wildman–Crippen MR) is 40.7 cm³/mol. The lowest BCUT2D eigenvalue weighted by atomic mass is 10.1. The molecule has 0 aliphatic carbocycles. The highest BCUT2D eigenvalue weighted by atomic mass is 19.1. The summed E-state index contributed by atoms with van der Waals surface area (Å²) in [6.07, 6.45) is -0.920.